The molecule has 0 spiro atoms. The molecule has 1 aromatic heterocycles. The Labute approximate surface area is 182 Å². The second kappa shape index (κ2) is 7.28. The molecule has 0 amide bonds. The fraction of sp³-hybridized carbons (Fsp3) is 0.111. The van der Waals surface area contributed by atoms with Crippen LogP contribution in [-0.4, -0.2) is 20.4 Å². The normalized spacial score (nSPS) is 15.9. The molecule has 0 bridgehead atoms. The van der Waals surface area contributed by atoms with Crippen LogP contribution in [0.2, 0.25) is 0 Å². The highest BCUT2D eigenvalue weighted by Gasteiger charge is 2.65. The Kier molecular flexibility index (Phi) is 5.45. The lowest BCUT2D eigenvalue weighted by molar-refractivity contribution is 0.364. The summed E-state index contributed by atoms with van der Waals surface area (Å²) < 4.78 is 127. The number of halogens is 8. The zero-order chi connectivity index (χ0) is 24.9. The number of nitrogens with zero attached hydrogens (tertiary/aromatic N) is 2. The summed E-state index contributed by atoms with van der Waals surface area (Å²) in [6.45, 7) is 0. The van der Waals surface area contributed by atoms with Gasteiger partial charge in [-0.2, -0.15) is 0 Å². The number of anilines is 2. The van der Waals surface area contributed by atoms with E-state index in [1.807, 2.05) is 0 Å². The van der Waals surface area contributed by atoms with Gasteiger partial charge in [0.2, 0.25) is 5.95 Å². The molecule has 2 N–H and O–H groups in total. The van der Waals surface area contributed by atoms with E-state index in [-0.39, 0.29) is 12.1 Å². The summed E-state index contributed by atoms with van der Waals surface area (Å²) in [7, 11) is -13.6. The quantitative estimate of drug-likeness (QED) is 0.340. The minimum atomic E-state index is -10.2. The molecule has 1 heterocycles. The van der Waals surface area contributed by atoms with Crippen LogP contribution in [0.3, 0.4) is 0 Å². The van der Waals surface area contributed by atoms with Crippen molar-refractivity contribution in [2.45, 2.75) is 10.6 Å². The van der Waals surface area contributed by atoms with E-state index in [2.05, 4.69) is 15.3 Å². The van der Waals surface area contributed by atoms with Gasteiger partial charge < -0.3 is 5.32 Å². The maximum absolute atomic E-state index is 14.1. The molecule has 3 aromatic rings. The lowest BCUT2D eigenvalue weighted by atomic mass is 10.1. The van der Waals surface area contributed by atoms with Crippen molar-refractivity contribution in [1.82, 2.24) is 9.97 Å². The SMILES string of the molecule is C[S@](=N)(=O)Cc1cc(Nc2ncc(F)c(-c3ccc(F)cc3F)n2)cc(S(F)(F)(F)(F)F)c1. The molecule has 15 heteroatoms. The largest absolute Gasteiger partial charge is 0.324 e. The lowest BCUT2D eigenvalue weighted by Crippen LogP contribution is -2.09. The van der Waals surface area contributed by atoms with E-state index in [0.717, 1.165) is 24.5 Å². The van der Waals surface area contributed by atoms with Gasteiger partial charge in [0.25, 0.3) is 0 Å². The second-order valence-electron chi connectivity index (χ2n) is 7.12. The minimum absolute atomic E-state index is 0.0529. The highest BCUT2D eigenvalue weighted by molar-refractivity contribution is 8.45. The maximum atomic E-state index is 14.1. The molecule has 33 heavy (non-hydrogen) atoms. The van der Waals surface area contributed by atoms with Gasteiger partial charge in [-0.3, -0.25) is 4.78 Å². The third kappa shape index (κ3) is 6.31. The highest BCUT2D eigenvalue weighted by Crippen LogP contribution is 3.02. The van der Waals surface area contributed by atoms with E-state index in [1.54, 1.807) is 0 Å². The summed E-state index contributed by atoms with van der Waals surface area (Å²) in [5.74, 6) is -4.64. The topological polar surface area (TPSA) is 78.7 Å². The lowest BCUT2D eigenvalue weighted by Gasteiger charge is -2.41. The summed E-state index contributed by atoms with van der Waals surface area (Å²) in [5, 5.41) is 2.19. The van der Waals surface area contributed by atoms with E-state index < -0.39 is 76.5 Å². The smallest absolute Gasteiger partial charge is 0.310 e. The molecular formula is C18H14F8N4OS2. The second-order valence-corrected chi connectivity index (χ2v) is 11.8. The fourth-order valence-electron chi connectivity index (χ4n) is 2.78. The van der Waals surface area contributed by atoms with Gasteiger partial charge in [-0.15, -0.1) is 0 Å². The van der Waals surface area contributed by atoms with Crippen LogP contribution in [0.1, 0.15) is 5.56 Å². The first-order valence-corrected chi connectivity index (χ1v) is 12.7. The van der Waals surface area contributed by atoms with Crippen molar-refractivity contribution in [3.63, 3.8) is 0 Å². The fourth-order valence-corrected chi connectivity index (χ4v) is 4.31. The van der Waals surface area contributed by atoms with Crippen LogP contribution >= 0.6 is 10.2 Å². The molecular weight excluding hydrogens is 504 g/mol. The van der Waals surface area contributed by atoms with Gasteiger partial charge in [-0.05, 0) is 35.9 Å². The van der Waals surface area contributed by atoms with Crippen LogP contribution in [0.5, 0.6) is 0 Å². The van der Waals surface area contributed by atoms with Gasteiger partial charge >= 0.3 is 10.2 Å². The Balaban J connectivity index is 2.10. The van der Waals surface area contributed by atoms with Gasteiger partial charge in [0.15, 0.2) is 5.82 Å². The molecule has 0 unspecified atom stereocenters. The third-order valence-corrected chi connectivity index (χ3v) is 6.05. The van der Waals surface area contributed by atoms with Crippen molar-refractivity contribution in [3.8, 4) is 11.3 Å². The molecule has 0 fully saturated rings. The first-order valence-electron chi connectivity index (χ1n) is 8.65. The van der Waals surface area contributed by atoms with Gasteiger partial charge in [-0.1, -0.05) is 19.4 Å². The van der Waals surface area contributed by atoms with Gasteiger partial charge in [0.1, 0.15) is 22.2 Å². The Morgan fingerprint density at radius 2 is 1.67 bits per heavy atom. The first-order chi connectivity index (χ1) is 14.8. The predicted octanol–water partition coefficient (Wildman–Crippen LogP) is 7.14. The zero-order valence-electron chi connectivity index (χ0n) is 16.4. The van der Waals surface area contributed by atoms with E-state index >= 15 is 0 Å². The first kappa shape index (κ1) is 24.7. The number of hydrogen-bond donors (Lipinski definition) is 2. The molecule has 0 aliphatic carbocycles. The number of hydrogen-bond acceptors (Lipinski definition) is 5. The Hall–Kier alpha value is -2.94. The molecule has 2 aromatic carbocycles. The van der Waals surface area contributed by atoms with E-state index in [4.69, 9.17) is 4.78 Å². The maximum Gasteiger partial charge on any atom is 0.310 e. The molecule has 5 nitrogen and oxygen atoms in total. The molecule has 0 saturated carbocycles. The molecule has 0 radical (unpaired) electrons. The van der Waals surface area contributed by atoms with Crippen LogP contribution < -0.4 is 5.32 Å². The van der Waals surface area contributed by atoms with Gasteiger partial charge in [0.05, 0.1) is 11.9 Å². The van der Waals surface area contributed by atoms with E-state index in [1.165, 1.54) is 0 Å². The van der Waals surface area contributed by atoms with Crippen LogP contribution in [0.4, 0.5) is 44.2 Å². The molecule has 0 aliphatic rings. The van der Waals surface area contributed by atoms with Crippen LogP contribution in [0.15, 0.2) is 47.5 Å². The third-order valence-electron chi connectivity index (χ3n) is 4.04. The molecule has 3 rings (SSSR count). The van der Waals surface area contributed by atoms with Gasteiger partial charge in [0, 0.05) is 33.3 Å². The van der Waals surface area contributed by atoms with Crippen molar-refractivity contribution in [2.75, 3.05) is 11.6 Å². The molecule has 180 valence electrons. The highest BCUT2D eigenvalue weighted by atomic mass is 32.5. The summed E-state index contributed by atoms with van der Waals surface area (Å²) >= 11 is 0. The van der Waals surface area contributed by atoms with Crippen molar-refractivity contribution in [3.05, 3.63) is 65.6 Å². The zero-order valence-corrected chi connectivity index (χ0v) is 18.0. The average Bonchev–Trinajstić information content (AvgIpc) is 2.60. The number of nitrogens with one attached hydrogen (secondary N) is 2. The number of aromatic nitrogens is 2. The number of benzene rings is 2. The Bertz CT molecular complexity index is 1360. The van der Waals surface area contributed by atoms with Crippen LogP contribution in [0, 0.1) is 22.2 Å². The van der Waals surface area contributed by atoms with Crippen molar-refractivity contribution in [1.29, 1.82) is 4.78 Å². The van der Waals surface area contributed by atoms with Crippen molar-refractivity contribution < 1.29 is 36.8 Å². The van der Waals surface area contributed by atoms with Crippen LogP contribution in [0.25, 0.3) is 11.3 Å². The minimum Gasteiger partial charge on any atom is -0.324 e. The Morgan fingerprint density at radius 3 is 2.24 bits per heavy atom. The van der Waals surface area contributed by atoms with Gasteiger partial charge in [-0.25, -0.2) is 27.3 Å². The average molecular weight is 518 g/mol. The summed E-state index contributed by atoms with van der Waals surface area (Å²) in [6, 6.07) is 3.21. The summed E-state index contributed by atoms with van der Waals surface area (Å²) in [4.78, 5) is 4.82. The standard InChI is InChI=1S/C18H14F8N4OS2/c1-32(27,31)9-10-4-12(7-13(5-10)33(22,23,24,25)26)29-18-28-8-16(21)17(30-18)14-3-2-11(19)6-15(14)20/h2-8,27H,9H2,1H3,(H,28,29,30)/t32-/m0/s1. The molecule has 0 aliphatic heterocycles. The Morgan fingerprint density at radius 1 is 1.00 bits per heavy atom. The monoisotopic (exact) mass is 518 g/mol. The molecule has 0 saturated heterocycles. The molecule has 1 atom stereocenters. The van der Waals surface area contributed by atoms with E-state index in [0.29, 0.717) is 12.3 Å². The van der Waals surface area contributed by atoms with Crippen molar-refractivity contribution in [2.24, 2.45) is 0 Å². The van der Waals surface area contributed by atoms with Crippen molar-refractivity contribution >= 4 is 31.6 Å². The predicted molar refractivity (Wildman–Crippen MR) is 109 cm³/mol. The van der Waals surface area contributed by atoms with Crippen LogP contribution in [-0.2, 0) is 15.5 Å². The van der Waals surface area contributed by atoms with E-state index in [9.17, 15) is 36.8 Å². The summed E-state index contributed by atoms with van der Waals surface area (Å²) in [6.07, 6.45) is 1.46. The number of rotatable bonds is 6. The summed E-state index contributed by atoms with van der Waals surface area (Å²) in [5.41, 5.74) is -2.27.